The molecule has 0 atom stereocenters. The van der Waals surface area contributed by atoms with E-state index in [1.54, 1.807) is 30.3 Å². The van der Waals surface area contributed by atoms with E-state index in [0.717, 1.165) is 6.07 Å². The van der Waals surface area contributed by atoms with E-state index < -0.39 is 46.9 Å². The molecule has 0 aliphatic carbocycles. The van der Waals surface area contributed by atoms with E-state index in [1.165, 1.54) is 30.3 Å². The molecule has 4 rings (SSSR count). The van der Waals surface area contributed by atoms with E-state index in [-0.39, 0.29) is 60.0 Å². The van der Waals surface area contributed by atoms with Gasteiger partial charge in [0.1, 0.15) is 20.7 Å². The van der Waals surface area contributed by atoms with Crippen LogP contribution in [0.25, 0.3) is 21.5 Å². The summed E-state index contributed by atoms with van der Waals surface area (Å²) in [5.74, 6) is -0.473. The van der Waals surface area contributed by atoms with Crippen LogP contribution in [0.15, 0.2) is 86.7 Å². The maximum Gasteiger partial charge on any atom is 2.00 e. The Labute approximate surface area is 223 Å². The van der Waals surface area contributed by atoms with E-state index in [2.05, 4.69) is 10.2 Å². The van der Waals surface area contributed by atoms with Crippen LogP contribution in [-0.4, -0.2) is 74.8 Å². The SMILES string of the molecule is O=S(=O)([O-])c1cccc2ccc(N=Nc3c([O-])ccc4ccccc34)c(S(=O)(=O)O)c12.[Ba+2]. The van der Waals surface area contributed by atoms with Crippen LogP contribution >= 0.6 is 0 Å². The van der Waals surface area contributed by atoms with Crippen molar-refractivity contribution in [3.63, 3.8) is 0 Å². The summed E-state index contributed by atoms with van der Waals surface area (Å²) in [7, 11) is -10.1. The summed E-state index contributed by atoms with van der Waals surface area (Å²) >= 11 is 0. The molecule has 4 aromatic rings. The average Bonchev–Trinajstić information content (AvgIpc) is 2.70. The van der Waals surface area contributed by atoms with E-state index in [4.69, 9.17) is 0 Å². The second kappa shape index (κ2) is 9.21. The second-order valence-electron chi connectivity index (χ2n) is 6.53. The largest absolute Gasteiger partial charge is 2.00 e. The molecule has 0 unspecified atom stereocenters. The molecule has 0 aliphatic heterocycles. The van der Waals surface area contributed by atoms with Gasteiger partial charge in [0, 0.05) is 10.8 Å². The molecular formula is C20H12BaN2O7S2. The first-order valence-corrected chi connectivity index (χ1v) is 11.5. The van der Waals surface area contributed by atoms with Gasteiger partial charge in [-0.15, -0.1) is 5.11 Å². The number of rotatable bonds is 4. The molecule has 32 heavy (non-hydrogen) atoms. The molecule has 1 N–H and O–H groups in total. The molecule has 0 saturated carbocycles. The fourth-order valence-corrected chi connectivity index (χ4v) is 4.93. The van der Waals surface area contributed by atoms with Crippen molar-refractivity contribution in [2.75, 3.05) is 0 Å². The molecule has 9 nitrogen and oxygen atoms in total. The molecule has 0 heterocycles. The Morgan fingerprint density at radius 2 is 1.44 bits per heavy atom. The molecule has 0 fully saturated rings. The van der Waals surface area contributed by atoms with Gasteiger partial charge in [-0.1, -0.05) is 60.3 Å². The van der Waals surface area contributed by atoms with E-state index in [0.29, 0.717) is 10.8 Å². The fourth-order valence-electron chi connectivity index (χ4n) is 3.29. The number of hydrogen-bond donors (Lipinski definition) is 1. The van der Waals surface area contributed by atoms with E-state index in [1.807, 2.05) is 0 Å². The molecular weight excluding hydrogens is 582 g/mol. The molecule has 0 spiro atoms. The van der Waals surface area contributed by atoms with Crippen LogP contribution in [0, 0.1) is 0 Å². The first-order chi connectivity index (χ1) is 14.6. The topological polar surface area (TPSA) is 159 Å². The summed E-state index contributed by atoms with van der Waals surface area (Å²) in [6.45, 7) is 0. The summed E-state index contributed by atoms with van der Waals surface area (Å²) in [6, 6.07) is 15.8. The summed E-state index contributed by atoms with van der Waals surface area (Å²) in [4.78, 5) is -1.72. The van der Waals surface area contributed by atoms with Crippen molar-refractivity contribution in [3.8, 4) is 5.75 Å². The minimum Gasteiger partial charge on any atom is -0.871 e. The number of fused-ring (bicyclic) bond motifs is 2. The third-order valence-corrected chi connectivity index (χ3v) is 6.40. The van der Waals surface area contributed by atoms with Gasteiger partial charge >= 0.3 is 48.9 Å². The minimum absolute atomic E-state index is 0. The molecule has 0 radical (unpaired) electrons. The van der Waals surface area contributed by atoms with Crippen LogP contribution in [0.2, 0.25) is 0 Å². The van der Waals surface area contributed by atoms with Crippen LogP contribution in [0.1, 0.15) is 0 Å². The van der Waals surface area contributed by atoms with Crippen molar-refractivity contribution in [3.05, 3.63) is 66.7 Å². The predicted octanol–water partition coefficient (Wildman–Crippen LogP) is 3.25. The van der Waals surface area contributed by atoms with Gasteiger partial charge in [-0.25, -0.2) is 8.42 Å². The smallest absolute Gasteiger partial charge is 0.871 e. The first kappa shape index (κ1) is 24.8. The minimum atomic E-state index is -5.08. The third-order valence-electron chi connectivity index (χ3n) is 4.59. The standard InChI is InChI=1S/C20H14N2O7S2.Ba/c23-16-11-9-12-4-1-2-6-14(12)19(16)22-21-15-10-8-13-5-3-7-17(30(24,25)26)18(13)20(15)31(27,28)29;/h1-11,23H,(H,24,25,26)(H,27,28,29);/q;+2/p-2. The van der Waals surface area contributed by atoms with Gasteiger partial charge in [0.2, 0.25) is 0 Å². The summed E-state index contributed by atoms with van der Waals surface area (Å²) in [6.07, 6.45) is 0. The maximum absolute atomic E-state index is 12.3. The molecule has 0 bridgehead atoms. The van der Waals surface area contributed by atoms with Gasteiger partial charge in [0.15, 0.2) is 0 Å². The Morgan fingerprint density at radius 3 is 2.12 bits per heavy atom. The Morgan fingerprint density at radius 1 is 0.781 bits per heavy atom. The number of azo groups is 1. The van der Waals surface area contributed by atoms with E-state index >= 15 is 0 Å². The zero-order valence-corrected chi connectivity index (χ0v) is 22.2. The van der Waals surface area contributed by atoms with Gasteiger partial charge in [-0.2, -0.15) is 13.5 Å². The third kappa shape index (κ3) is 4.76. The Bertz CT molecular complexity index is 1600. The van der Waals surface area contributed by atoms with Gasteiger partial charge in [0.05, 0.1) is 10.6 Å². The molecule has 12 heteroatoms. The van der Waals surface area contributed by atoms with Crippen molar-refractivity contribution in [1.29, 1.82) is 0 Å². The Kier molecular flexibility index (Phi) is 7.14. The molecule has 0 aliphatic rings. The Balaban J connectivity index is 0.00000289. The van der Waals surface area contributed by atoms with Crippen molar-refractivity contribution in [2.24, 2.45) is 10.2 Å². The average molecular weight is 594 g/mol. The van der Waals surface area contributed by atoms with Crippen molar-refractivity contribution >= 4 is 102 Å². The van der Waals surface area contributed by atoms with Gasteiger partial charge in [-0.05, 0) is 22.9 Å². The molecule has 0 amide bonds. The zero-order chi connectivity index (χ0) is 22.4. The molecule has 0 aromatic heterocycles. The van der Waals surface area contributed by atoms with Gasteiger partial charge in [0.25, 0.3) is 10.1 Å². The fraction of sp³-hybridized carbons (Fsp3) is 0. The molecule has 4 aromatic carbocycles. The molecule has 0 saturated heterocycles. The summed E-state index contributed by atoms with van der Waals surface area (Å²) in [5.41, 5.74) is -0.498. The van der Waals surface area contributed by atoms with Crippen molar-refractivity contribution in [2.45, 2.75) is 9.79 Å². The molecule has 158 valence electrons. The predicted molar refractivity (Wildman–Crippen MR) is 115 cm³/mol. The monoisotopic (exact) mass is 594 g/mol. The van der Waals surface area contributed by atoms with Crippen LogP contribution in [0.3, 0.4) is 0 Å². The second-order valence-corrected chi connectivity index (χ2v) is 9.24. The van der Waals surface area contributed by atoms with Gasteiger partial charge < -0.3 is 9.66 Å². The number of benzene rings is 4. The summed E-state index contributed by atoms with van der Waals surface area (Å²) in [5, 5.41) is 20.7. The van der Waals surface area contributed by atoms with Crippen LogP contribution in [0.4, 0.5) is 11.4 Å². The van der Waals surface area contributed by atoms with E-state index in [9.17, 15) is 31.0 Å². The number of nitrogens with zero attached hydrogens (tertiary/aromatic N) is 2. The van der Waals surface area contributed by atoms with Crippen LogP contribution in [-0.2, 0) is 20.2 Å². The van der Waals surface area contributed by atoms with Crippen LogP contribution in [0.5, 0.6) is 5.75 Å². The summed E-state index contributed by atoms with van der Waals surface area (Å²) < 4.78 is 69.1. The van der Waals surface area contributed by atoms with Crippen LogP contribution < -0.4 is 5.11 Å². The van der Waals surface area contributed by atoms with Gasteiger partial charge in [-0.3, -0.25) is 4.55 Å². The maximum atomic E-state index is 12.3. The first-order valence-electron chi connectivity index (χ1n) is 8.67. The van der Waals surface area contributed by atoms with Crippen molar-refractivity contribution < 1.29 is 31.0 Å². The zero-order valence-electron chi connectivity index (χ0n) is 16.2. The Hall–Kier alpha value is -1.81. The van der Waals surface area contributed by atoms with Crippen molar-refractivity contribution in [1.82, 2.24) is 0 Å². The normalized spacial score (nSPS) is 12.3. The quantitative estimate of drug-likeness (QED) is 0.216. The number of hydrogen-bond acceptors (Lipinski definition) is 8.